The van der Waals surface area contributed by atoms with E-state index in [1.165, 1.54) is 0 Å². The second-order valence-electron chi connectivity index (χ2n) is 11.5. The van der Waals surface area contributed by atoms with E-state index >= 15 is 0 Å². The van der Waals surface area contributed by atoms with Crippen LogP contribution in [0.3, 0.4) is 0 Å². The van der Waals surface area contributed by atoms with Crippen molar-refractivity contribution in [2.24, 2.45) is 0 Å². The Morgan fingerprint density at radius 1 is 0.559 bits per heavy atom. The minimum atomic E-state index is -0.484. The average molecular weight is 464 g/mol. The summed E-state index contributed by atoms with van der Waals surface area (Å²) < 4.78 is 32.0. The molecule has 0 amide bonds. The van der Waals surface area contributed by atoms with Crippen molar-refractivity contribution >= 4 is 14.2 Å². The van der Waals surface area contributed by atoms with E-state index in [1.54, 1.807) is 7.11 Å². The third kappa shape index (κ3) is 4.44. The van der Waals surface area contributed by atoms with Crippen LogP contribution in [0.4, 0.5) is 0 Å². The van der Waals surface area contributed by atoms with Gasteiger partial charge in [-0.3, -0.25) is 0 Å². The molecule has 2 atom stereocenters. The third-order valence-corrected chi connectivity index (χ3v) is 8.20. The van der Waals surface area contributed by atoms with Crippen LogP contribution in [0.2, 0.25) is 0 Å². The van der Waals surface area contributed by atoms with E-state index in [1.807, 2.05) is 18.2 Å². The quantitative estimate of drug-likeness (QED) is 0.504. The molecule has 7 heteroatoms. The van der Waals surface area contributed by atoms with Crippen molar-refractivity contribution in [2.75, 3.05) is 7.11 Å². The summed E-state index contributed by atoms with van der Waals surface area (Å²) in [7, 11) is 0.721. The van der Waals surface area contributed by atoms with E-state index in [0.717, 1.165) is 16.9 Å². The van der Waals surface area contributed by atoms with E-state index in [2.05, 4.69) is 91.8 Å². The maximum absolute atomic E-state index is 6.64. The lowest BCUT2D eigenvalue weighted by Crippen LogP contribution is -2.41. The Balaban J connectivity index is 1.85. The highest BCUT2D eigenvalue weighted by Gasteiger charge is 2.61. The lowest BCUT2D eigenvalue weighted by molar-refractivity contribution is 0.00578. The topological polar surface area (TPSA) is 46.2 Å². The van der Waals surface area contributed by atoms with Crippen molar-refractivity contribution in [3.63, 3.8) is 0 Å². The van der Waals surface area contributed by atoms with Gasteiger partial charge in [0, 0.05) is 11.6 Å². The summed E-state index contributed by atoms with van der Waals surface area (Å²) in [5.74, 6) is 0.470. The highest BCUT2D eigenvalue weighted by molar-refractivity contribution is 6.55. The van der Waals surface area contributed by atoms with Crippen molar-refractivity contribution in [3.8, 4) is 5.75 Å². The van der Waals surface area contributed by atoms with Crippen LogP contribution in [0.25, 0.3) is 0 Å². The van der Waals surface area contributed by atoms with Crippen molar-refractivity contribution in [3.05, 3.63) is 65.7 Å². The van der Waals surface area contributed by atoms with Crippen LogP contribution in [-0.4, -0.2) is 43.8 Å². The summed E-state index contributed by atoms with van der Waals surface area (Å²) in [6.07, 6.45) is 0. The van der Waals surface area contributed by atoms with Crippen LogP contribution in [0.5, 0.6) is 5.75 Å². The number of benzene rings is 2. The van der Waals surface area contributed by atoms with Crippen LogP contribution in [0.15, 0.2) is 54.6 Å². The highest BCUT2D eigenvalue weighted by Crippen LogP contribution is 2.50. The second-order valence-corrected chi connectivity index (χ2v) is 11.5. The standard InChI is InChI=1S/C27H38B2O5/c1-24(2)25(3,4)32-28(31-24)22(19-13-11-10-12-14-19)23(20-15-17-21(30-9)18-16-20)29-33-26(5,6)27(7,8)34-29/h10-18,22-23H,1-9H3. The van der Waals surface area contributed by atoms with Gasteiger partial charge in [0.25, 0.3) is 0 Å². The van der Waals surface area contributed by atoms with Gasteiger partial charge in [-0.2, -0.15) is 0 Å². The first-order valence-corrected chi connectivity index (χ1v) is 12.2. The normalized spacial score (nSPS) is 24.1. The molecule has 2 fully saturated rings. The number of rotatable bonds is 6. The summed E-state index contributed by atoms with van der Waals surface area (Å²) in [6.45, 7) is 16.7. The van der Waals surface area contributed by atoms with Gasteiger partial charge in [0.15, 0.2) is 0 Å². The van der Waals surface area contributed by atoms with E-state index < -0.39 is 36.6 Å². The van der Waals surface area contributed by atoms with Gasteiger partial charge >= 0.3 is 14.2 Å². The summed E-state index contributed by atoms with van der Waals surface area (Å²) in [5, 5.41) is 0. The molecule has 2 unspecified atom stereocenters. The Hall–Kier alpha value is -1.79. The highest BCUT2D eigenvalue weighted by atomic mass is 16.7. The first-order valence-electron chi connectivity index (χ1n) is 12.2. The Kier molecular flexibility index (Phi) is 6.48. The first-order chi connectivity index (χ1) is 15.8. The lowest BCUT2D eigenvalue weighted by atomic mass is 9.49. The minimum absolute atomic E-state index is 0.162. The Morgan fingerprint density at radius 3 is 1.26 bits per heavy atom. The number of methoxy groups -OCH3 is 1. The molecular formula is C27H38B2O5. The van der Waals surface area contributed by atoms with Gasteiger partial charge in [0.1, 0.15) is 5.75 Å². The van der Waals surface area contributed by atoms with Crippen LogP contribution >= 0.6 is 0 Å². The zero-order chi connectivity index (χ0) is 24.9. The van der Waals surface area contributed by atoms with Crippen molar-refractivity contribution in [1.29, 1.82) is 0 Å². The molecule has 182 valence electrons. The molecule has 2 aromatic carbocycles. The van der Waals surface area contributed by atoms with Crippen LogP contribution in [0, 0.1) is 0 Å². The second kappa shape index (κ2) is 8.70. The fourth-order valence-corrected chi connectivity index (χ4v) is 4.64. The van der Waals surface area contributed by atoms with E-state index in [4.69, 9.17) is 23.4 Å². The molecule has 0 radical (unpaired) electrons. The van der Waals surface area contributed by atoms with Crippen molar-refractivity contribution in [2.45, 2.75) is 89.4 Å². The molecule has 0 bridgehead atoms. The molecule has 2 aliphatic heterocycles. The first kappa shape index (κ1) is 25.3. The molecular weight excluding hydrogens is 426 g/mol. The fraction of sp³-hybridized carbons (Fsp3) is 0.556. The Morgan fingerprint density at radius 2 is 0.912 bits per heavy atom. The van der Waals surface area contributed by atoms with E-state index in [9.17, 15) is 0 Å². The van der Waals surface area contributed by atoms with Gasteiger partial charge in [-0.05, 0) is 78.6 Å². The molecule has 0 spiro atoms. The monoisotopic (exact) mass is 464 g/mol. The van der Waals surface area contributed by atoms with Crippen LogP contribution in [0.1, 0.15) is 78.2 Å². The Labute approximate surface area is 205 Å². The number of ether oxygens (including phenoxy) is 1. The molecule has 0 aromatic heterocycles. The predicted molar refractivity (Wildman–Crippen MR) is 137 cm³/mol. The molecule has 2 heterocycles. The largest absolute Gasteiger partial charge is 0.497 e. The van der Waals surface area contributed by atoms with Crippen molar-refractivity contribution in [1.82, 2.24) is 0 Å². The molecule has 0 aliphatic carbocycles. The minimum Gasteiger partial charge on any atom is -0.497 e. The SMILES string of the molecule is COc1ccc(C(B2OC(C)(C)C(C)(C)O2)C(B2OC(C)(C)C(C)(C)O2)c2ccccc2)cc1. The van der Waals surface area contributed by atoms with Gasteiger partial charge in [-0.15, -0.1) is 0 Å². The van der Waals surface area contributed by atoms with Gasteiger partial charge in [-0.1, -0.05) is 42.5 Å². The third-order valence-electron chi connectivity index (χ3n) is 8.20. The molecule has 34 heavy (non-hydrogen) atoms. The summed E-state index contributed by atoms with van der Waals surface area (Å²) >= 11 is 0. The zero-order valence-corrected chi connectivity index (χ0v) is 22.0. The maximum Gasteiger partial charge on any atom is 0.465 e. The molecule has 2 saturated heterocycles. The zero-order valence-electron chi connectivity index (χ0n) is 22.0. The number of hydrogen-bond donors (Lipinski definition) is 0. The average Bonchev–Trinajstić information content (AvgIpc) is 3.11. The Bertz CT molecular complexity index is 956. The van der Waals surface area contributed by atoms with Gasteiger partial charge < -0.3 is 23.4 Å². The molecule has 0 N–H and O–H groups in total. The predicted octanol–water partition coefficient (Wildman–Crippen LogP) is 5.83. The molecule has 0 saturated carbocycles. The van der Waals surface area contributed by atoms with Gasteiger partial charge in [0.2, 0.25) is 0 Å². The molecule has 2 aliphatic rings. The van der Waals surface area contributed by atoms with E-state index in [0.29, 0.717) is 0 Å². The van der Waals surface area contributed by atoms with Crippen LogP contribution < -0.4 is 4.74 Å². The van der Waals surface area contributed by atoms with Gasteiger partial charge in [0.05, 0.1) is 29.5 Å². The number of hydrogen-bond acceptors (Lipinski definition) is 5. The smallest absolute Gasteiger partial charge is 0.465 e. The molecule has 2 aromatic rings. The van der Waals surface area contributed by atoms with Crippen LogP contribution in [-0.2, 0) is 18.6 Å². The molecule has 4 rings (SSSR count). The lowest BCUT2D eigenvalue weighted by Gasteiger charge is -2.32. The van der Waals surface area contributed by atoms with E-state index in [-0.39, 0.29) is 11.6 Å². The van der Waals surface area contributed by atoms with Crippen molar-refractivity contribution < 1.29 is 23.4 Å². The summed E-state index contributed by atoms with van der Waals surface area (Å²) in [6, 6.07) is 18.6. The van der Waals surface area contributed by atoms with Gasteiger partial charge in [-0.25, -0.2) is 0 Å². The summed E-state index contributed by atoms with van der Waals surface area (Å²) in [4.78, 5) is 0. The molecule has 5 nitrogen and oxygen atoms in total. The fourth-order valence-electron chi connectivity index (χ4n) is 4.64. The maximum atomic E-state index is 6.64. The summed E-state index contributed by atoms with van der Waals surface area (Å²) in [5.41, 5.74) is 0.384.